The van der Waals surface area contributed by atoms with Crippen LogP contribution < -0.4 is 20.6 Å². The first-order valence-corrected chi connectivity index (χ1v) is 13.8. The van der Waals surface area contributed by atoms with E-state index >= 15 is 0 Å². The largest absolute Gasteiger partial charge is 0.491 e. The molecule has 0 spiro atoms. The number of pyridine rings is 1. The van der Waals surface area contributed by atoms with Crippen LogP contribution in [-0.2, 0) is 18.2 Å². The van der Waals surface area contributed by atoms with E-state index in [9.17, 15) is 9.59 Å². The number of aromatic nitrogens is 4. The predicted octanol–water partition coefficient (Wildman–Crippen LogP) is 2.43. The number of fused-ring (bicyclic) bond motifs is 1. The van der Waals surface area contributed by atoms with Gasteiger partial charge in [-0.2, -0.15) is 0 Å². The molecule has 2 aliphatic heterocycles. The summed E-state index contributed by atoms with van der Waals surface area (Å²) in [6.45, 7) is 5.59. The Hall–Kier alpha value is -3.54. The first-order valence-electron chi connectivity index (χ1n) is 12.9. The summed E-state index contributed by atoms with van der Waals surface area (Å²) in [5.41, 5.74) is 3.42. The number of hydrogen-bond donors (Lipinski definition) is 1. The van der Waals surface area contributed by atoms with E-state index in [1.54, 1.807) is 34.0 Å². The van der Waals surface area contributed by atoms with Crippen LogP contribution in [0.2, 0.25) is 0 Å². The second kappa shape index (κ2) is 10.7. The normalized spacial score (nSPS) is 17.8. The van der Waals surface area contributed by atoms with E-state index in [4.69, 9.17) is 9.47 Å². The zero-order valence-corrected chi connectivity index (χ0v) is 22.1. The average Bonchev–Trinajstić information content (AvgIpc) is 3.70. The van der Waals surface area contributed by atoms with Gasteiger partial charge < -0.3 is 19.7 Å². The Kier molecular flexibility index (Phi) is 6.96. The van der Waals surface area contributed by atoms with Gasteiger partial charge in [-0.1, -0.05) is 6.07 Å². The molecule has 11 heteroatoms. The Bertz CT molecular complexity index is 1510. The van der Waals surface area contributed by atoms with Gasteiger partial charge in [-0.3, -0.25) is 14.3 Å². The molecular weight excluding hydrogens is 504 g/mol. The van der Waals surface area contributed by atoms with Crippen molar-refractivity contribution in [1.82, 2.24) is 24.4 Å². The van der Waals surface area contributed by atoms with Gasteiger partial charge >= 0.3 is 5.69 Å². The lowest BCUT2D eigenvalue weighted by molar-refractivity contribution is 0.0989. The lowest BCUT2D eigenvalue weighted by Crippen LogP contribution is -2.44. The summed E-state index contributed by atoms with van der Waals surface area (Å²) < 4.78 is 14.7. The van der Waals surface area contributed by atoms with Crippen LogP contribution in [0, 0.1) is 5.92 Å². The highest BCUT2D eigenvalue weighted by Crippen LogP contribution is 2.29. The third-order valence-electron chi connectivity index (χ3n) is 7.19. The Morgan fingerprint density at radius 1 is 1.26 bits per heavy atom. The number of imidazole rings is 1. The highest BCUT2D eigenvalue weighted by molar-refractivity contribution is 7.12. The molecule has 2 aliphatic rings. The van der Waals surface area contributed by atoms with Crippen molar-refractivity contribution in [2.24, 2.45) is 13.0 Å². The highest BCUT2D eigenvalue weighted by Gasteiger charge is 2.23. The second-order valence-corrected chi connectivity index (χ2v) is 10.5. The number of piperazine rings is 1. The number of aryl methyl sites for hydroxylation is 1. The van der Waals surface area contributed by atoms with Gasteiger partial charge in [-0.05, 0) is 24.6 Å². The lowest BCUT2D eigenvalue weighted by atomic mass is 10.1. The number of carbonyl (C=O) groups excluding carboxylic acids is 1. The molecule has 0 amide bonds. The lowest BCUT2D eigenvalue weighted by Gasteiger charge is -2.30. The van der Waals surface area contributed by atoms with E-state index in [2.05, 4.69) is 20.2 Å². The minimum Gasteiger partial charge on any atom is -0.491 e. The van der Waals surface area contributed by atoms with Crippen molar-refractivity contribution in [2.75, 3.05) is 50.9 Å². The number of nitrogens with zero attached hydrogens (tertiary/aromatic N) is 5. The number of anilines is 1. The summed E-state index contributed by atoms with van der Waals surface area (Å²) in [4.78, 5) is 37.7. The highest BCUT2D eigenvalue weighted by atomic mass is 32.1. The van der Waals surface area contributed by atoms with Crippen LogP contribution in [0.25, 0.3) is 16.2 Å². The Labute approximate surface area is 223 Å². The molecule has 198 valence electrons. The number of ketones is 1. The monoisotopic (exact) mass is 534 g/mol. The zero-order chi connectivity index (χ0) is 26.1. The summed E-state index contributed by atoms with van der Waals surface area (Å²) >= 11 is 1.28. The van der Waals surface area contributed by atoms with Crippen LogP contribution in [0.1, 0.15) is 22.5 Å². The molecule has 1 aromatic carbocycles. The molecule has 2 saturated heterocycles. The smallest absolute Gasteiger partial charge is 0.335 e. The SMILES string of the molecule is Cn1c(=O)n(-c2nc(C(=O)Cc3cnccc3N3CCNCC3)cs2)c2cccc(OCC3CCOC3)c21. The van der Waals surface area contributed by atoms with E-state index in [0.29, 0.717) is 46.7 Å². The van der Waals surface area contributed by atoms with Crippen LogP contribution in [-0.4, -0.2) is 70.9 Å². The van der Waals surface area contributed by atoms with Crippen molar-refractivity contribution in [2.45, 2.75) is 12.8 Å². The molecule has 1 unspecified atom stereocenters. The summed E-state index contributed by atoms with van der Waals surface area (Å²) in [6.07, 6.45) is 4.70. The van der Waals surface area contributed by atoms with Crippen LogP contribution in [0.5, 0.6) is 5.75 Å². The van der Waals surface area contributed by atoms with E-state index < -0.39 is 0 Å². The number of ether oxygens (including phenoxy) is 2. The topological polar surface area (TPSA) is 104 Å². The van der Waals surface area contributed by atoms with Gasteiger partial charge in [-0.25, -0.2) is 14.3 Å². The molecule has 3 aromatic heterocycles. The number of benzene rings is 1. The minimum absolute atomic E-state index is 0.104. The molecule has 38 heavy (non-hydrogen) atoms. The number of carbonyl (C=O) groups is 1. The van der Waals surface area contributed by atoms with Gasteiger partial charge in [0.15, 0.2) is 10.9 Å². The molecule has 5 heterocycles. The molecule has 6 rings (SSSR count). The van der Waals surface area contributed by atoms with E-state index in [0.717, 1.165) is 50.5 Å². The molecule has 0 radical (unpaired) electrons. The van der Waals surface area contributed by atoms with E-state index in [1.165, 1.54) is 11.3 Å². The molecule has 0 aliphatic carbocycles. The first kappa shape index (κ1) is 24.8. The first-order chi connectivity index (χ1) is 18.6. The number of nitrogens with one attached hydrogen (secondary N) is 1. The number of Topliss-reactive ketones (excluding diaryl/α,β-unsaturated/α-hetero) is 1. The number of hydrogen-bond acceptors (Lipinski definition) is 9. The fourth-order valence-corrected chi connectivity index (χ4v) is 5.96. The molecule has 0 saturated carbocycles. The van der Waals surface area contributed by atoms with Crippen molar-refractivity contribution in [3.05, 3.63) is 63.8 Å². The quantitative estimate of drug-likeness (QED) is 0.344. The number of thiazole rings is 1. The van der Waals surface area contributed by atoms with E-state index in [-0.39, 0.29) is 17.9 Å². The maximum Gasteiger partial charge on any atom is 0.335 e. The summed E-state index contributed by atoms with van der Waals surface area (Å²) in [5.74, 6) is 0.898. The van der Waals surface area contributed by atoms with Crippen molar-refractivity contribution in [1.29, 1.82) is 0 Å². The minimum atomic E-state index is -0.234. The zero-order valence-electron chi connectivity index (χ0n) is 21.3. The maximum atomic E-state index is 13.3. The maximum absolute atomic E-state index is 13.3. The van der Waals surface area contributed by atoms with Gasteiger partial charge in [0.05, 0.1) is 18.7 Å². The molecule has 4 aromatic rings. The number of para-hydroxylation sites is 1. The van der Waals surface area contributed by atoms with Gasteiger partial charge in [-0.15, -0.1) is 11.3 Å². The van der Waals surface area contributed by atoms with Crippen molar-refractivity contribution >= 4 is 33.8 Å². The standard InChI is InChI=1S/C27H30N6O4S/c1-31-25-22(3-2-4-24(25)37-16-18-6-12-36-15-18)33(27(31)35)26-30-20(17-38-26)23(34)13-19-14-29-7-5-21(19)32-10-8-28-9-11-32/h2-5,7,14,17-18,28H,6,8-13,15-16H2,1H3. The molecule has 0 bridgehead atoms. The predicted molar refractivity (Wildman–Crippen MR) is 146 cm³/mol. The van der Waals surface area contributed by atoms with Crippen LogP contribution in [0.4, 0.5) is 5.69 Å². The fourth-order valence-electron chi connectivity index (χ4n) is 5.13. The molecule has 2 fully saturated rings. The van der Waals surface area contributed by atoms with Gasteiger partial charge in [0.2, 0.25) is 0 Å². The summed E-state index contributed by atoms with van der Waals surface area (Å²) in [7, 11) is 1.73. The Morgan fingerprint density at radius 3 is 2.95 bits per heavy atom. The van der Waals surface area contributed by atoms with Crippen molar-refractivity contribution in [3.8, 4) is 10.9 Å². The second-order valence-electron chi connectivity index (χ2n) is 9.70. The third kappa shape index (κ3) is 4.72. The van der Waals surface area contributed by atoms with Crippen molar-refractivity contribution < 1.29 is 14.3 Å². The van der Waals surface area contributed by atoms with Crippen LogP contribution >= 0.6 is 11.3 Å². The van der Waals surface area contributed by atoms with Crippen molar-refractivity contribution in [3.63, 3.8) is 0 Å². The fraction of sp³-hybridized carbons (Fsp3) is 0.407. The van der Waals surface area contributed by atoms with Gasteiger partial charge in [0.1, 0.15) is 17.0 Å². The Balaban J connectivity index is 1.26. The number of rotatable bonds is 8. The van der Waals surface area contributed by atoms with Gasteiger partial charge in [0.25, 0.3) is 0 Å². The molecule has 1 N–H and O–H groups in total. The third-order valence-corrected chi connectivity index (χ3v) is 8.01. The van der Waals surface area contributed by atoms with E-state index in [1.807, 2.05) is 24.3 Å². The average molecular weight is 535 g/mol. The van der Waals surface area contributed by atoms with Crippen LogP contribution in [0.15, 0.2) is 46.8 Å². The van der Waals surface area contributed by atoms with Crippen LogP contribution in [0.3, 0.4) is 0 Å². The summed E-state index contributed by atoms with van der Waals surface area (Å²) in [5, 5.41) is 5.54. The Morgan fingerprint density at radius 2 is 2.13 bits per heavy atom. The van der Waals surface area contributed by atoms with Gasteiger partial charge in [0, 0.05) is 81.2 Å². The summed E-state index contributed by atoms with van der Waals surface area (Å²) in [6, 6.07) is 7.59. The molecule has 10 nitrogen and oxygen atoms in total. The molecular formula is C27H30N6O4S. The molecule has 1 atom stereocenters.